The Morgan fingerprint density at radius 3 is 2.79 bits per heavy atom. The molecule has 1 aliphatic rings. The Bertz CT molecular complexity index is 211. The highest BCUT2D eigenvalue weighted by atomic mass is 16.1. The molecule has 0 spiro atoms. The zero-order valence-corrected chi connectivity index (χ0v) is 8.72. The van der Waals surface area contributed by atoms with Crippen molar-refractivity contribution in [3.63, 3.8) is 0 Å². The van der Waals surface area contributed by atoms with Gasteiger partial charge in [-0.1, -0.05) is 12.8 Å². The summed E-state index contributed by atoms with van der Waals surface area (Å²) in [6, 6.07) is 0.589. The van der Waals surface area contributed by atoms with Crippen LogP contribution in [0.2, 0.25) is 0 Å². The zero-order chi connectivity index (χ0) is 10.2. The van der Waals surface area contributed by atoms with E-state index < -0.39 is 0 Å². The fraction of sp³-hybridized carbons (Fsp3) is 0.750. The molecule has 0 radical (unpaired) electrons. The molecule has 1 saturated carbocycles. The molecule has 78 valence electrons. The second-order valence-corrected chi connectivity index (χ2v) is 3.96. The van der Waals surface area contributed by atoms with E-state index in [9.17, 15) is 4.79 Å². The van der Waals surface area contributed by atoms with Crippen molar-refractivity contribution in [3.05, 3.63) is 0 Å². The minimum atomic E-state index is 0.298. The molecule has 1 N–H and O–H groups in total. The number of Topliss-reactive ketones (excluding diaryl/α,β-unsaturated/α-hetero) is 1. The van der Waals surface area contributed by atoms with Crippen molar-refractivity contribution in [1.82, 2.24) is 5.32 Å². The van der Waals surface area contributed by atoms with Gasteiger partial charge in [-0.2, -0.15) is 0 Å². The van der Waals surface area contributed by atoms with E-state index in [4.69, 9.17) is 6.42 Å². The first kappa shape index (κ1) is 11.3. The zero-order valence-electron chi connectivity index (χ0n) is 8.72. The standard InChI is InChI=1S/C12H19NO/c1-2-3-4-9-12(14)10-13-11-7-5-6-8-11/h1,11,13H,3-10H2. The summed E-state index contributed by atoms with van der Waals surface area (Å²) >= 11 is 0. The molecule has 0 unspecified atom stereocenters. The van der Waals surface area contributed by atoms with Gasteiger partial charge in [0, 0.05) is 18.9 Å². The van der Waals surface area contributed by atoms with Gasteiger partial charge >= 0.3 is 0 Å². The molecule has 1 fully saturated rings. The van der Waals surface area contributed by atoms with Crippen molar-refractivity contribution in [2.24, 2.45) is 0 Å². The van der Waals surface area contributed by atoms with E-state index in [1.54, 1.807) is 0 Å². The van der Waals surface area contributed by atoms with Crippen molar-refractivity contribution in [1.29, 1.82) is 0 Å². The number of hydrogen-bond acceptors (Lipinski definition) is 2. The Labute approximate surface area is 86.5 Å². The lowest BCUT2D eigenvalue weighted by Gasteiger charge is -2.10. The summed E-state index contributed by atoms with van der Waals surface area (Å²) < 4.78 is 0. The van der Waals surface area contributed by atoms with Crippen LogP contribution in [0, 0.1) is 12.3 Å². The van der Waals surface area contributed by atoms with Crippen molar-refractivity contribution in [2.45, 2.75) is 51.0 Å². The topological polar surface area (TPSA) is 29.1 Å². The first-order valence-corrected chi connectivity index (χ1v) is 5.51. The minimum Gasteiger partial charge on any atom is -0.307 e. The van der Waals surface area contributed by atoms with Gasteiger partial charge in [0.1, 0.15) is 5.78 Å². The molecule has 0 aliphatic heterocycles. The van der Waals surface area contributed by atoms with Crippen LogP contribution in [0.5, 0.6) is 0 Å². The number of nitrogens with one attached hydrogen (secondary N) is 1. The summed E-state index contributed by atoms with van der Waals surface area (Å²) in [5.41, 5.74) is 0. The van der Waals surface area contributed by atoms with Gasteiger partial charge in [0.25, 0.3) is 0 Å². The summed E-state index contributed by atoms with van der Waals surface area (Å²) in [6.07, 6.45) is 12.4. The molecule has 1 rings (SSSR count). The number of terminal acetylenes is 1. The third-order valence-corrected chi connectivity index (χ3v) is 2.72. The predicted molar refractivity (Wildman–Crippen MR) is 57.9 cm³/mol. The number of carbonyl (C=O) groups is 1. The average molecular weight is 193 g/mol. The number of hydrogen-bond donors (Lipinski definition) is 1. The van der Waals surface area contributed by atoms with E-state index in [1.165, 1.54) is 25.7 Å². The molecule has 1 aliphatic carbocycles. The van der Waals surface area contributed by atoms with Crippen LogP contribution in [0.25, 0.3) is 0 Å². The highest BCUT2D eigenvalue weighted by molar-refractivity contribution is 5.80. The molecule has 0 heterocycles. The maximum absolute atomic E-state index is 11.3. The molecule has 0 aromatic heterocycles. The molecule has 0 saturated heterocycles. The first-order chi connectivity index (χ1) is 6.83. The molecule has 0 aromatic rings. The van der Waals surface area contributed by atoms with Crippen LogP contribution in [-0.2, 0) is 4.79 Å². The normalized spacial score (nSPS) is 16.8. The van der Waals surface area contributed by atoms with E-state index in [1.807, 2.05) is 0 Å². The Morgan fingerprint density at radius 1 is 1.43 bits per heavy atom. The maximum Gasteiger partial charge on any atom is 0.146 e. The van der Waals surface area contributed by atoms with Gasteiger partial charge in [-0.25, -0.2) is 0 Å². The summed E-state index contributed by atoms with van der Waals surface area (Å²) in [7, 11) is 0. The molecule has 0 atom stereocenters. The Morgan fingerprint density at radius 2 is 2.14 bits per heavy atom. The van der Waals surface area contributed by atoms with Crippen LogP contribution in [0.3, 0.4) is 0 Å². The molecule has 2 nitrogen and oxygen atoms in total. The van der Waals surface area contributed by atoms with Crippen LogP contribution in [0.15, 0.2) is 0 Å². The van der Waals surface area contributed by atoms with Crippen LogP contribution < -0.4 is 5.32 Å². The van der Waals surface area contributed by atoms with Crippen LogP contribution >= 0.6 is 0 Å². The van der Waals surface area contributed by atoms with E-state index in [-0.39, 0.29) is 0 Å². The van der Waals surface area contributed by atoms with Crippen LogP contribution in [0.4, 0.5) is 0 Å². The third-order valence-electron chi connectivity index (χ3n) is 2.72. The summed E-state index contributed by atoms with van der Waals surface area (Å²) in [5.74, 6) is 2.85. The van der Waals surface area contributed by atoms with Crippen molar-refractivity contribution in [3.8, 4) is 12.3 Å². The van der Waals surface area contributed by atoms with E-state index >= 15 is 0 Å². The minimum absolute atomic E-state index is 0.298. The third kappa shape index (κ3) is 4.43. The largest absolute Gasteiger partial charge is 0.307 e. The van der Waals surface area contributed by atoms with Gasteiger partial charge in [-0.15, -0.1) is 12.3 Å². The number of unbranched alkanes of at least 4 members (excludes halogenated alkanes) is 1. The van der Waals surface area contributed by atoms with Gasteiger partial charge in [-0.3, -0.25) is 4.79 Å². The second-order valence-electron chi connectivity index (χ2n) is 3.96. The van der Waals surface area contributed by atoms with Crippen molar-refractivity contribution < 1.29 is 4.79 Å². The summed E-state index contributed by atoms with van der Waals surface area (Å²) in [5, 5.41) is 3.31. The van der Waals surface area contributed by atoms with E-state index in [0.29, 0.717) is 24.8 Å². The Balaban J connectivity index is 2.00. The lowest BCUT2D eigenvalue weighted by atomic mass is 10.1. The summed E-state index contributed by atoms with van der Waals surface area (Å²) in [6.45, 7) is 0.537. The monoisotopic (exact) mass is 193 g/mol. The number of rotatable bonds is 6. The maximum atomic E-state index is 11.3. The molecule has 0 aromatic carbocycles. The van der Waals surface area contributed by atoms with Gasteiger partial charge in [0.2, 0.25) is 0 Å². The van der Waals surface area contributed by atoms with Gasteiger partial charge < -0.3 is 5.32 Å². The molecular weight excluding hydrogens is 174 g/mol. The quantitative estimate of drug-likeness (QED) is 0.515. The fourth-order valence-electron chi connectivity index (χ4n) is 1.86. The van der Waals surface area contributed by atoms with Gasteiger partial charge in [-0.05, 0) is 19.3 Å². The lowest BCUT2D eigenvalue weighted by Crippen LogP contribution is -2.31. The molecule has 2 heteroatoms. The highest BCUT2D eigenvalue weighted by Crippen LogP contribution is 2.17. The number of ketones is 1. The average Bonchev–Trinajstić information content (AvgIpc) is 2.68. The SMILES string of the molecule is C#CCCCC(=O)CNC1CCCC1. The van der Waals surface area contributed by atoms with E-state index in [2.05, 4.69) is 11.2 Å². The molecular formula is C12H19NO. The van der Waals surface area contributed by atoms with Crippen molar-refractivity contribution in [2.75, 3.05) is 6.54 Å². The first-order valence-electron chi connectivity index (χ1n) is 5.51. The lowest BCUT2D eigenvalue weighted by molar-refractivity contribution is -0.118. The second kappa shape index (κ2) is 6.62. The molecule has 14 heavy (non-hydrogen) atoms. The van der Waals surface area contributed by atoms with Crippen LogP contribution in [-0.4, -0.2) is 18.4 Å². The molecule has 0 bridgehead atoms. The smallest absolute Gasteiger partial charge is 0.146 e. The van der Waals surface area contributed by atoms with Crippen molar-refractivity contribution >= 4 is 5.78 Å². The Hall–Kier alpha value is -0.810. The van der Waals surface area contributed by atoms with Gasteiger partial charge in [0.15, 0.2) is 0 Å². The Kier molecular flexibility index (Phi) is 5.32. The van der Waals surface area contributed by atoms with Gasteiger partial charge in [0.05, 0.1) is 6.54 Å². The molecule has 0 amide bonds. The highest BCUT2D eigenvalue weighted by Gasteiger charge is 2.14. The fourth-order valence-corrected chi connectivity index (χ4v) is 1.86. The summed E-state index contributed by atoms with van der Waals surface area (Å²) in [4.78, 5) is 11.3. The van der Waals surface area contributed by atoms with Crippen LogP contribution in [0.1, 0.15) is 44.9 Å². The number of carbonyl (C=O) groups excluding carboxylic acids is 1. The predicted octanol–water partition coefficient (Wildman–Crippen LogP) is 1.89. The van der Waals surface area contributed by atoms with E-state index in [0.717, 1.165) is 12.8 Å².